The van der Waals surface area contributed by atoms with E-state index in [1.807, 2.05) is 0 Å². The van der Waals surface area contributed by atoms with E-state index < -0.39 is 11.8 Å². The third-order valence-corrected chi connectivity index (χ3v) is 4.69. The summed E-state index contributed by atoms with van der Waals surface area (Å²) in [6.07, 6.45) is 2.93. The maximum Gasteiger partial charge on any atom is 0.329 e. The van der Waals surface area contributed by atoms with Gasteiger partial charge in [-0.2, -0.15) is 5.10 Å². The van der Waals surface area contributed by atoms with Gasteiger partial charge in [-0.3, -0.25) is 14.4 Å². The van der Waals surface area contributed by atoms with Crippen molar-refractivity contribution < 1.29 is 28.6 Å². The molecule has 3 aromatic rings. The number of hydrogen-bond acceptors (Lipinski definition) is 7. The van der Waals surface area contributed by atoms with Crippen molar-refractivity contribution in [2.45, 2.75) is 0 Å². The molecular formula is C27H26N4O6. The molecule has 190 valence electrons. The molecule has 0 bridgehead atoms. The number of hydrazone groups is 1. The Bertz CT molecular complexity index is 1270. The van der Waals surface area contributed by atoms with Gasteiger partial charge in [-0.05, 0) is 48.5 Å². The summed E-state index contributed by atoms with van der Waals surface area (Å²) in [7, 11) is 1.54. The lowest BCUT2D eigenvalue weighted by Crippen LogP contribution is -2.32. The van der Waals surface area contributed by atoms with E-state index in [2.05, 4.69) is 27.7 Å². The minimum Gasteiger partial charge on any atom is -0.497 e. The monoisotopic (exact) mass is 502 g/mol. The Labute approximate surface area is 213 Å². The van der Waals surface area contributed by atoms with Gasteiger partial charge < -0.3 is 24.8 Å². The van der Waals surface area contributed by atoms with Crippen LogP contribution in [0.1, 0.15) is 5.56 Å². The molecule has 0 fully saturated rings. The Kier molecular flexibility index (Phi) is 9.80. The number of rotatable bonds is 11. The van der Waals surface area contributed by atoms with E-state index in [0.717, 1.165) is 0 Å². The van der Waals surface area contributed by atoms with Gasteiger partial charge in [-0.25, -0.2) is 5.43 Å². The molecule has 0 spiro atoms. The lowest BCUT2D eigenvalue weighted by Gasteiger charge is -2.10. The molecule has 0 saturated heterocycles. The summed E-state index contributed by atoms with van der Waals surface area (Å²) < 4.78 is 16.1. The molecule has 3 amide bonds. The van der Waals surface area contributed by atoms with E-state index in [0.29, 0.717) is 40.8 Å². The topological polar surface area (TPSA) is 127 Å². The number of hydrogen-bond donors (Lipinski definition) is 3. The number of para-hydroxylation sites is 1. The first kappa shape index (κ1) is 26.5. The van der Waals surface area contributed by atoms with Gasteiger partial charge in [-0.15, -0.1) is 0 Å². The van der Waals surface area contributed by atoms with Gasteiger partial charge in [0.05, 0.1) is 13.3 Å². The van der Waals surface area contributed by atoms with Crippen molar-refractivity contribution >= 4 is 35.3 Å². The highest BCUT2D eigenvalue weighted by Gasteiger charge is 2.13. The number of carbonyl (C=O) groups is 3. The predicted molar refractivity (Wildman–Crippen MR) is 140 cm³/mol. The van der Waals surface area contributed by atoms with Crippen molar-refractivity contribution in [2.24, 2.45) is 5.10 Å². The van der Waals surface area contributed by atoms with Crippen LogP contribution >= 0.6 is 0 Å². The summed E-state index contributed by atoms with van der Waals surface area (Å²) in [5.41, 5.74) is 3.64. The van der Waals surface area contributed by atoms with E-state index in [-0.39, 0.29) is 12.5 Å². The third kappa shape index (κ3) is 8.55. The fraction of sp³-hybridized carbons (Fsp3) is 0.111. The standard InChI is InChI=1S/C27H26N4O6/c1-3-15-36-22-13-11-20(12-14-22)30-26(33)27(34)31-28-17-19-7-4-5-10-24(19)37-18-25(32)29-21-8-6-9-23(16-21)35-2/h3-14,16-17H,1,15,18H2,2H3,(H,29,32)(H,30,33)(H,31,34)/b28-17-. The second kappa shape index (κ2) is 13.7. The van der Waals surface area contributed by atoms with E-state index in [9.17, 15) is 14.4 Å². The normalized spacial score (nSPS) is 10.3. The van der Waals surface area contributed by atoms with E-state index in [1.54, 1.807) is 78.9 Å². The number of methoxy groups -OCH3 is 1. The first-order valence-electron chi connectivity index (χ1n) is 11.1. The molecule has 0 aliphatic rings. The molecule has 10 heteroatoms. The van der Waals surface area contributed by atoms with Crippen LogP contribution in [0.15, 0.2) is 90.6 Å². The van der Waals surface area contributed by atoms with Crippen molar-refractivity contribution in [1.29, 1.82) is 0 Å². The van der Waals surface area contributed by atoms with Crippen LogP contribution in [0.2, 0.25) is 0 Å². The largest absolute Gasteiger partial charge is 0.497 e. The van der Waals surface area contributed by atoms with Gasteiger partial charge in [0.2, 0.25) is 0 Å². The van der Waals surface area contributed by atoms with Gasteiger partial charge >= 0.3 is 11.8 Å². The molecule has 3 N–H and O–H groups in total. The molecule has 10 nitrogen and oxygen atoms in total. The minimum absolute atomic E-state index is 0.256. The number of anilines is 2. The molecule has 37 heavy (non-hydrogen) atoms. The van der Waals surface area contributed by atoms with Crippen LogP contribution in [0, 0.1) is 0 Å². The Morgan fingerprint density at radius 3 is 2.41 bits per heavy atom. The van der Waals surface area contributed by atoms with Crippen molar-refractivity contribution in [2.75, 3.05) is 31.0 Å². The van der Waals surface area contributed by atoms with Crippen LogP contribution in [0.4, 0.5) is 11.4 Å². The highest BCUT2D eigenvalue weighted by molar-refractivity contribution is 6.39. The van der Waals surface area contributed by atoms with Crippen LogP contribution in [0.3, 0.4) is 0 Å². The maximum absolute atomic E-state index is 12.3. The molecule has 0 aromatic heterocycles. The highest BCUT2D eigenvalue weighted by Crippen LogP contribution is 2.18. The van der Waals surface area contributed by atoms with Crippen LogP contribution in [-0.4, -0.2) is 44.3 Å². The Hall–Kier alpha value is -5.12. The number of benzene rings is 3. The van der Waals surface area contributed by atoms with Gasteiger partial charge in [0.1, 0.15) is 23.9 Å². The zero-order chi connectivity index (χ0) is 26.5. The summed E-state index contributed by atoms with van der Waals surface area (Å²) in [6.45, 7) is 3.67. The van der Waals surface area contributed by atoms with Crippen LogP contribution in [-0.2, 0) is 14.4 Å². The summed E-state index contributed by atoms with van der Waals surface area (Å²) >= 11 is 0. The van der Waals surface area contributed by atoms with E-state index >= 15 is 0 Å². The molecule has 3 aromatic carbocycles. The van der Waals surface area contributed by atoms with Crippen molar-refractivity contribution in [1.82, 2.24) is 5.43 Å². The van der Waals surface area contributed by atoms with Crippen molar-refractivity contribution in [3.8, 4) is 17.2 Å². The fourth-order valence-corrected chi connectivity index (χ4v) is 2.95. The summed E-state index contributed by atoms with van der Waals surface area (Å²) in [5, 5.41) is 9.00. The van der Waals surface area contributed by atoms with Crippen molar-refractivity contribution in [3.05, 3.63) is 91.0 Å². The van der Waals surface area contributed by atoms with Crippen LogP contribution in [0.25, 0.3) is 0 Å². The van der Waals surface area contributed by atoms with Crippen molar-refractivity contribution in [3.63, 3.8) is 0 Å². The molecule has 0 unspecified atom stereocenters. The predicted octanol–water partition coefficient (Wildman–Crippen LogP) is 3.37. The van der Waals surface area contributed by atoms with Gasteiger partial charge in [0, 0.05) is 23.0 Å². The van der Waals surface area contributed by atoms with Crippen LogP contribution in [0.5, 0.6) is 17.2 Å². The molecule has 0 heterocycles. The number of nitrogens with zero attached hydrogens (tertiary/aromatic N) is 1. The summed E-state index contributed by atoms with van der Waals surface area (Å²) in [6, 6.07) is 20.3. The second-order valence-electron chi connectivity index (χ2n) is 7.38. The third-order valence-electron chi connectivity index (χ3n) is 4.69. The van der Waals surface area contributed by atoms with Gasteiger partial charge in [0.15, 0.2) is 6.61 Å². The average molecular weight is 503 g/mol. The number of amides is 3. The quantitative estimate of drug-likeness (QED) is 0.160. The number of ether oxygens (including phenoxy) is 3. The first-order chi connectivity index (χ1) is 18.0. The van der Waals surface area contributed by atoms with Gasteiger partial charge in [0.25, 0.3) is 5.91 Å². The lowest BCUT2D eigenvalue weighted by atomic mass is 10.2. The first-order valence-corrected chi connectivity index (χ1v) is 11.1. The Balaban J connectivity index is 1.50. The minimum atomic E-state index is -0.959. The zero-order valence-corrected chi connectivity index (χ0v) is 20.1. The number of carbonyl (C=O) groups excluding carboxylic acids is 3. The molecular weight excluding hydrogens is 476 g/mol. The summed E-state index contributed by atoms with van der Waals surface area (Å²) in [4.78, 5) is 36.5. The molecule has 3 rings (SSSR count). The molecule has 0 saturated carbocycles. The van der Waals surface area contributed by atoms with E-state index in [1.165, 1.54) is 13.3 Å². The SMILES string of the molecule is C=CCOc1ccc(NC(=O)C(=O)N/N=C\c2ccccc2OCC(=O)Nc2cccc(OC)c2)cc1. The summed E-state index contributed by atoms with van der Waals surface area (Å²) in [5.74, 6) is -0.641. The number of nitrogens with one attached hydrogen (secondary N) is 3. The molecule has 0 aliphatic heterocycles. The smallest absolute Gasteiger partial charge is 0.329 e. The molecule has 0 atom stereocenters. The van der Waals surface area contributed by atoms with Gasteiger partial charge in [-0.1, -0.05) is 30.9 Å². The fourth-order valence-electron chi connectivity index (χ4n) is 2.95. The zero-order valence-electron chi connectivity index (χ0n) is 20.1. The molecule has 0 aliphatic carbocycles. The maximum atomic E-state index is 12.3. The lowest BCUT2D eigenvalue weighted by molar-refractivity contribution is -0.136. The van der Waals surface area contributed by atoms with E-state index in [4.69, 9.17) is 14.2 Å². The Morgan fingerprint density at radius 2 is 1.65 bits per heavy atom. The molecule has 0 radical (unpaired) electrons. The second-order valence-corrected chi connectivity index (χ2v) is 7.38. The Morgan fingerprint density at radius 1 is 0.865 bits per heavy atom. The van der Waals surface area contributed by atoms with Crippen LogP contribution < -0.4 is 30.3 Å². The average Bonchev–Trinajstić information content (AvgIpc) is 2.92. The highest BCUT2D eigenvalue weighted by atomic mass is 16.5.